The molecule has 2 rings (SSSR count). The average molecular weight is 567 g/mol. The van der Waals surface area contributed by atoms with Gasteiger partial charge in [0, 0.05) is 22.2 Å². The Morgan fingerprint density at radius 1 is 1.23 bits per heavy atom. The summed E-state index contributed by atoms with van der Waals surface area (Å²) in [5.41, 5.74) is 0.811. The van der Waals surface area contributed by atoms with E-state index in [-0.39, 0.29) is 23.8 Å². The maximum atomic E-state index is 14.8. The van der Waals surface area contributed by atoms with Crippen molar-refractivity contribution in [3.8, 4) is 5.75 Å². The molecule has 0 aromatic heterocycles. The van der Waals surface area contributed by atoms with Gasteiger partial charge in [-0.05, 0) is 69.5 Å². The summed E-state index contributed by atoms with van der Waals surface area (Å²) in [6.07, 6.45) is 0.823. The van der Waals surface area contributed by atoms with E-state index in [0.717, 1.165) is 6.42 Å². The molecule has 0 bridgehead atoms. The first-order chi connectivity index (χ1) is 14.1. The predicted molar refractivity (Wildman–Crippen MR) is 121 cm³/mol. The summed E-state index contributed by atoms with van der Waals surface area (Å²) in [7, 11) is 0. The fourth-order valence-corrected chi connectivity index (χ4v) is 4.12. The lowest BCUT2D eigenvalue weighted by Crippen LogP contribution is -2.29. The van der Waals surface area contributed by atoms with E-state index in [2.05, 4.69) is 42.5 Å². The number of amides is 1. The Morgan fingerprint density at radius 2 is 1.87 bits per heavy atom. The van der Waals surface area contributed by atoms with Gasteiger partial charge in [-0.15, -0.1) is 0 Å². The monoisotopic (exact) mass is 564 g/mol. The Labute approximate surface area is 195 Å². The summed E-state index contributed by atoms with van der Waals surface area (Å²) in [5, 5.41) is 14.4. The quantitative estimate of drug-likeness (QED) is 0.368. The third kappa shape index (κ3) is 6.58. The molecule has 0 saturated heterocycles. The largest absolute Gasteiger partial charge is 0.486 e. The van der Waals surface area contributed by atoms with E-state index in [1.165, 1.54) is 24.3 Å². The maximum absolute atomic E-state index is 14.8. The normalized spacial score (nSPS) is 11.7. The zero-order valence-corrected chi connectivity index (χ0v) is 20.1. The minimum atomic E-state index is -1.15. The van der Waals surface area contributed by atoms with E-state index in [0.29, 0.717) is 25.4 Å². The average Bonchev–Trinajstić information content (AvgIpc) is 2.68. The van der Waals surface area contributed by atoms with Gasteiger partial charge in [0.25, 0.3) is 5.91 Å². The molecule has 0 aliphatic heterocycles. The van der Waals surface area contributed by atoms with Gasteiger partial charge in [-0.2, -0.15) is 0 Å². The zero-order chi connectivity index (χ0) is 22.4. The molecule has 0 aliphatic rings. The van der Waals surface area contributed by atoms with Crippen molar-refractivity contribution >= 4 is 61.0 Å². The second kappa shape index (κ2) is 11.0. The summed E-state index contributed by atoms with van der Waals surface area (Å²) < 4.78 is 21.5. The highest BCUT2D eigenvalue weighted by Crippen LogP contribution is 2.36. The molecule has 1 atom stereocenters. The van der Waals surface area contributed by atoms with Crippen molar-refractivity contribution in [2.45, 2.75) is 32.9 Å². The van der Waals surface area contributed by atoms with Crippen LogP contribution in [0.1, 0.15) is 36.2 Å². The van der Waals surface area contributed by atoms with Gasteiger partial charge in [0.1, 0.15) is 18.9 Å². The number of carbonyl (C=O) groups is 2. The fourth-order valence-electron chi connectivity index (χ4n) is 2.46. The first-order valence-corrected chi connectivity index (χ1v) is 10.9. The van der Waals surface area contributed by atoms with Crippen molar-refractivity contribution in [2.24, 2.45) is 0 Å². The first-order valence-electron chi connectivity index (χ1n) is 8.98. The van der Waals surface area contributed by atoms with Crippen LogP contribution in [0.4, 0.5) is 10.1 Å². The summed E-state index contributed by atoms with van der Waals surface area (Å²) in [6, 6.07) is 6.08. The van der Waals surface area contributed by atoms with Gasteiger partial charge in [-0.3, -0.25) is 9.59 Å². The van der Waals surface area contributed by atoms with Crippen molar-refractivity contribution in [3.05, 3.63) is 55.2 Å². The van der Waals surface area contributed by atoms with Crippen LogP contribution in [0.2, 0.25) is 5.02 Å². The van der Waals surface area contributed by atoms with E-state index >= 15 is 0 Å². The second-order valence-corrected chi connectivity index (χ2v) is 8.66. The van der Waals surface area contributed by atoms with Gasteiger partial charge in [0.2, 0.25) is 0 Å². The number of anilines is 1. The highest BCUT2D eigenvalue weighted by atomic mass is 79.9. The molecular weight excluding hydrogens is 546 g/mol. The van der Waals surface area contributed by atoms with Crippen molar-refractivity contribution < 1.29 is 23.8 Å². The molecular formula is C20H20Br2ClFN2O4. The molecule has 0 aliphatic carbocycles. The fraction of sp³-hybridized carbons (Fsp3) is 0.300. The SMILES string of the molecule is CCC(C)Nc1cc(Cl)cc(COc2c(Br)cc(C(=O)NCC(=O)O)cc2Br)c1F. The van der Waals surface area contributed by atoms with Crippen LogP contribution in [0.3, 0.4) is 0 Å². The number of nitrogens with one attached hydrogen (secondary N) is 2. The second-order valence-electron chi connectivity index (χ2n) is 6.51. The van der Waals surface area contributed by atoms with E-state index in [4.69, 9.17) is 21.4 Å². The van der Waals surface area contributed by atoms with E-state index < -0.39 is 24.2 Å². The molecule has 162 valence electrons. The lowest BCUT2D eigenvalue weighted by atomic mass is 10.1. The van der Waals surface area contributed by atoms with Gasteiger partial charge >= 0.3 is 5.97 Å². The van der Waals surface area contributed by atoms with Crippen LogP contribution in [-0.4, -0.2) is 29.6 Å². The number of carboxylic acid groups (broad SMARTS) is 1. The smallest absolute Gasteiger partial charge is 0.322 e. The Morgan fingerprint density at radius 3 is 2.43 bits per heavy atom. The molecule has 0 radical (unpaired) electrons. The summed E-state index contributed by atoms with van der Waals surface area (Å²) in [6.45, 7) is 3.35. The van der Waals surface area contributed by atoms with Crippen LogP contribution in [0.25, 0.3) is 0 Å². The Hall–Kier alpha value is -1.84. The molecule has 0 fully saturated rings. The number of hydrogen-bond acceptors (Lipinski definition) is 4. The number of benzene rings is 2. The Balaban J connectivity index is 2.20. The van der Waals surface area contributed by atoms with Gasteiger partial charge in [-0.25, -0.2) is 4.39 Å². The van der Waals surface area contributed by atoms with Crippen molar-refractivity contribution in [2.75, 3.05) is 11.9 Å². The van der Waals surface area contributed by atoms with Gasteiger partial charge < -0.3 is 20.5 Å². The van der Waals surface area contributed by atoms with E-state index in [1.807, 2.05) is 13.8 Å². The van der Waals surface area contributed by atoms with Crippen LogP contribution >= 0.6 is 43.5 Å². The van der Waals surface area contributed by atoms with Crippen LogP contribution in [0, 0.1) is 5.82 Å². The van der Waals surface area contributed by atoms with Crippen molar-refractivity contribution in [3.63, 3.8) is 0 Å². The molecule has 1 unspecified atom stereocenters. The minimum absolute atomic E-state index is 0.0786. The molecule has 30 heavy (non-hydrogen) atoms. The number of ether oxygens (including phenoxy) is 1. The van der Waals surface area contributed by atoms with E-state index in [1.54, 1.807) is 0 Å². The first kappa shape index (κ1) is 24.4. The summed E-state index contributed by atoms with van der Waals surface area (Å²) in [5.74, 6) is -1.78. The number of rotatable bonds is 9. The van der Waals surface area contributed by atoms with E-state index in [9.17, 15) is 14.0 Å². The predicted octanol–water partition coefficient (Wildman–Crippen LogP) is 5.61. The number of carboxylic acids is 1. The lowest BCUT2D eigenvalue weighted by Gasteiger charge is -2.17. The molecule has 6 nitrogen and oxygen atoms in total. The Kier molecular flexibility index (Phi) is 8.93. The number of aliphatic carboxylic acids is 1. The minimum Gasteiger partial charge on any atom is -0.486 e. The number of hydrogen-bond donors (Lipinski definition) is 3. The Bertz CT molecular complexity index is 936. The number of halogens is 4. The van der Waals surface area contributed by atoms with Crippen LogP contribution in [-0.2, 0) is 11.4 Å². The molecule has 3 N–H and O–H groups in total. The molecule has 2 aromatic rings. The molecule has 0 heterocycles. The van der Waals surface area contributed by atoms with Gasteiger partial charge in [-0.1, -0.05) is 18.5 Å². The standard InChI is InChI=1S/C20H20Br2ClFN2O4/c1-3-10(2)26-16-7-13(23)4-12(18(16)24)9-30-19-14(21)5-11(6-15(19)22)20(29)25-8-17(27)28/h4-7,10,26H,3,8-9H2,1-2H3,(H,25,29)(H,27,28). The highest BCUT2D eigenvalue weighted by Gasteiger charge is 2.17. The van der Waals surface area contributed by atoms with Crippen molar-refractivity contribution in [1.82, 2.24) is 5.32 Å². The third-order valence-corrected chi connectivity index (χ3v) is 5.56. The van der Waals surface area contributed by atoms with Crippen LogP contribution in [0.5, 0.6) is 5.75 Å². The van der Waals surface area contributed by atoms with Crippen LogP contribution < -0.4 is 15.4 Å². The summed E-state index contributed by atoms with van der Waals surface area (Å²) in [4.78, 5) is 22.6. The topological polar surface area (TPSA) is 87.7 Å². The zero-order valence-electron chi connectivity index (χ0n) is 16.2. The third-order valence-electron chi connectivity index (χ3n) is 4.16. The lowest BCUT2D eigenvalue weighted by molar-refractivity contribution is -0.135. The number of carbonyl (C=O) groups excluding carboxylic acids is 1. The molecule has 10 heteroatoms. The molecule has 0 saturated carbocycles. The van der Waals surface area contributed by atoms with Gasteiger partial charge in [0.15, 0.2) is 5.82 Å². The van der Waals surface area contributed by atoms with Gasteiger partial charge in [0.05, 0.1) is 14.6 Å². The van der Waals surface area contributed by atoms with Crippen LogP contribution in [0.15, 0.2) is 33.2 Å². The summed E-state index contributed by atoms with van der Waals surface area (Å²) >= 11 is 12.8. The highest BCUT2D eigenvalue weighted by molar-refractivity contribution is 9.11. The molecule has 0 spiro atoms. The molecule has 2 aromatic carbocycles. The van der Waals surface area contributed by atoms with Crippen molar-refractivity contribution in [1.29, 1.82) is 0 Å². The maximum Gasteiger partial charge on any atom is 0.322 e. The molecule has 1 amide bonds.